The average molecular weight is 219 g/mol. The first kappa shape index (κ1) is 10.2. The van der Waals surface area contributed by atoms with E-state index in [1.807, 2.05) is 0 Å². The Morgan fingerprint density at radius 1 is 1.50 bits per heavy atom. The molecule has 0 aliphatic rings. The first-order valence-electron chi connectivity index (χ1n) is 4.56. The van der Waals surface area contributed by atoms with Gasteiger partial charge in [0.2, 0.25) is 0 Å². The number of carboxylic acid groups (broad SMARTS) is 1. The molecule has 0 saturated heterocycles. The number of nitrogens with one attached hydrogen (secondary N) is 1. The molecule has 1 aromatic carbocycles. The fraction of sp³-hybridized carbons (Fsp3) is 0.0909. The van der Waals surface area contributed by atoms with Crippen molar-refractivity contribution in [1.29, 1.82) is 0 Å². The molecule has 0 aliphatic heterocycles. The quantitative estimate of drug-likeness (QED) is 0.770. The number of benzene rings is 1. The average Bonchev–Trinajstić information content (AvgIpc) is 2.66. The number of aromatic amines is 1. The van der Waals surface area contributed by atoms with Crippen molar-refractivity contribution < 1.29 is 19.4 Å². The molecule has 1 aromatic heterocycles. The number of aromatic carboxylic acids is 1. The summed E-state index contributed by atoms with van der Waals surface area (Å²) in [6.07, 6.45) is 0.489. The van der Waals surface area contributed by atoms with Crippen molar-refractivity contribution in [3.63, 3.8) is 0 Å². The molecular formula is C11H9NO4. The Bertz CT molecular complexity index is 571. The summed E-state index contributed by atoms with van der Waals surface area (Å²) in [5.74, 6) is -0.630. The highest BCUT2D eigenvalue weighted by Gasteiger charge is 2.18. The maximum Gasteiger partial charge on any atom is 0.338 e. The predicted molar refractivity (Wildman–Crippen MR) is 57.2 cm³/mol. The van der Waals surface area contributed by atoms with E-state index in [0.717, 1.165) is 0 Å². The van der Waals surface area contributed by atoms with Gasteiger partial charge in [0.1, 0.15) is 5.75 Å². The van der Waals surface area contributed by atoms with Crippen molar-refractivity contribution in [1.82, 2.24) is 4.98 Å². The molecule has 0 aliphatic carbocycles. The third-order valence-electron chi connectivity index (χ3n) is 2.38. The number of fused-ring (bicyclic) bond motifs is 1. The molecule has 16 heavy (non-hydrogen) atoms. The number of H-pyrrole nitrogens is 1. The van der Waals surface area contributed by atoms with E-state index >= 15 is 0 Å². The number of methoxy groups -OCH3 is 1. The highest BCUT2D eigenvalue weighted by molar-refractivity contribution is 6.10. The number of rotatable bonds is 3. The SMILES string of the molecule is COc1cccc2c(C(=O)O)c(C=O)[nH]c12. The van der Waals surface area contributed by atoms with Gasteiger partial charge in [0.05, 0.1) is 23.9 Å². The minimum atomic E-state index is -1.14. The summed E-state index contributed by atoms with van der Waals surface area (Å²) in [6.45, 7) is 0. The summed E-state index contributed by atoms with van der Waals surface area (Å²) in [6, 6.07) is 5.00. The van der Waals surface area contributed by atoms with E-state index < -0.39 is 5.97 Å². The van der Waals surface area contributed by atoms with Gasteiger partial charge in [-0.1, -0.05) is 12.1 Å². The Kier molecular flexibility index (Phi) is 2.36. The number of ether oxygens (including phenoxy) is 1. The lowest BCUT2D eigenvalue weighted by Gasteiger charge is -2.00. The van der Waals surface area contributed by atoms with Crippen LogP contribution in [0, 0.1) is 0 Å². The molecular weight excluding hydrogens is 210 g/mol. The first-order valence-corrected chi connectivity index (χ1v) is 4.56. The lowest BCUT2D eigenvalue weighted by molar-refractivity contribution is 0.0696. The monoisotopic (exact) mass is 219 g/mol. The Labute approximate surface area is 90.6 Å². The van der Waals surface area contributed by atoms with E-state index in [1.165, 1.54) is 7.11 Å². The van der Waals surface area contributed by atoms with Gasteiger partial charge >= 0.3 is 5.97 Å². The van der Waals surface area contributed by atoms with Crippen molar-refractivity contribution in [3.05, 3.63) is 29.5 Å². The summed E-state index contributed by atoms with van der Waals surface area (Å²) in [5, 5.41) is 9.49. The summed E-state index contributed by atoms with van der Waals surface area (Å²) < 4.78 is 5.08. The van der Waals surface area contributed by atoms with Crippen molar-refractivity contribution in [2.24, 2.45) is 0 Å². The normalized spacial score (nSPS) is 10.3. The van der Waals surface area contributed by atoms with Gasteiger partial charge in [0, 0.05) is 5.39 Å². The third-order valence-corrected chi connectivity index (χ3v) is 2.38. The Morgan fingerprint density at radius 3 is 2.81 bits per heavy atom. The van der Waals surface area contributed by atoms with E-state index in [9.17, 15) is 9.59 Å². The number of carbonyl (C=O) groups is 2. The van der Waals surface area contributed by atoms with E-state index in [2.05, 4.69) is 4.98 Å². The van der Waals surface area contributed by atoms with E-state index in [-0.39, 0.29) is 11.3 Å². The van der Waals surface area contributed by atoms with Crippen LogP contribution in [0.3, 0.4) is 0 Å². The second-order valence-electron chi connectivity index (χ2n) is 3.22. The number of aromatic nitrogens is 1. The number of hydrogen-bond donors (Lipinski definition) is 2. The lowest BCUT2D eigenvalue weighted by Crippen LogP contribution is -1.99. The third kappa shape index (κ3) is 1.33. The summed E-state index contributed by atoms with van der Waals surface area (Å²) in [7, 11) is 1.48. The van der Waals surface area contributed by atoms with Crippen molar-refractivity contribution in [2.45, 2.75) is 0 Å². The largest absolute Gasteiger partial charge is 0.495 e. The molecule has 5 nitrogen and oxygen atoms in total. The number of carboxylic acids is 1. The molecule has 0 amide bonds. The summed E-state index contributed by atoms with van der Waals surface area (Å²) >= 11 is 0. The fourth-order valence-corrected chi connectivity index (χ4v) is 1.70. The number of carbonyl (C=O) groups excluding carboxylic acids is 1. The number of aldehydes is 1. The Morgan fingerprint density at radius 2 is 2.25 bits per heavy atom. The fourth-order valence-electron chi connectivity index (χ4n) is 1.70. The van der Waals surface area contributed by atoms with Crippen LogP contribution in [0.15, 0.2) is 18.2 Å². The second kappa shape index (κ2) is 3.69. The zero-order valence-corrected chi connectivity index (χ0v) is 8.48. The van der Waals surface area contributed by atoms with Crippen LogP contribution in [0.4, 0.5) is 0 Å². The maximum absolute atomic E-state index is 11.0. The molecule has 0 radical (unpaired) electrons. The zero-order chi connectivity index (χ0) is 11.7. The van der Waals surface area contributed by atoms with Crippen molar-refractivity contribution in [3.8, 4) is 5.75 Å². The van der Waals surface area contributed by atoms with E-state index in [0.29, 0.717) is 22.9 Å². The lowest BCUT2D eigenvalue weighted by atomic mass is 10.1. The van der Waals surface area contributed by atoms with Crippen LogP contribution in [0.25, 0.3) is 10.9 Å². The Hall–Kier alpha value is -2.30. The van der Waals surface area contributed by atoms with Crippen LogP contribution < -0.4 is 4.74 Å². The summed E-state index contributed by atoms with van der Waals surface area (Å²) in [5.41, 5.74) is 0.542. The van der Waals surface area contributed by atoms with Gasteiger partial charge in [0.25, 0.3) is 0 Å². The van der Waals surface area contributed by atoms with Crippen LogP contribution in [-0.4, -0.2) is 29.5 Å². The molecule has 0 fully saturated rings. The van der Waals surface area contributed by atoms with Crippen LogP contribution in [0.2, 0.25) is 0 Å². The van der Waals surface area contributed by atoms with Gasteiger partial charge in [-0.25, -0.2) is 4.79 Å². The maximum atomic E-state index is 11.0. The second-order valence-corrected chi connectivity index (χ2v) is 3.22. The minimum absolute atomic E-state index is 0.0242. The molecule has 0 saturated carbocycles. The molecule has 0 unspecified atom stereocenters. The summed E-state index contributed by atoms with van der Waals surface area (Å²) in [4.78, 5) is 24.5. The first-order chi connectivity index (χ1) is 7.69. The molecule has 82 valence electrons. The number of hydrogen-bond acceptors (Lipinski definition) is 3. The highest BCUT2D eigenvalue weighted by atomic mass is 16.5. The molecule has 5 heteroatoms. The van der Waals surface area contributed by atoms with E-state index in [4.69, 9.17) is 9.84 Å². The number of para-hydroxylation sites is 1. The van der Waals surface area contributed by atoms with Crippen molar-refractivity contribution >= 4 is 23.2 Å². The standard InChI is InChI=1S/C11H9NO4/c1-16-8-4-2-3-6-9(11(14)15)7(5-13)12-10(6)8/h2-5,12H,1H3,(H,14,15). The molecule has 0 atom stereocenters. The minimum Gasteiger partial charge on any atom is -0.495 e. The molecule has 2 aromatic rings. The zero-order valence-electron chi connectivity index (χ0n) is 8.48. The van der Waals surface area contributed by atoms with Gasteiger partial charge in [-0.05, 0) is 6.07 Å². The van der Waals surface area contributed by atoms with Gasteiger partial charge in [0.15, 0.2) is 6.29 Å². The van der Waals surface area contributed by atoms with Gasteiger partial charge in [-0.2, -0.15) is 0 Å². The highest BCUT2D eigenvalue weighted by Crippen LogP contribution is 2.28. The van der Waals surface area contributed by atoms with Crippen LogP contribution >= 0.6 is 0 Å². The van der Waals surface area contributed by atoms with Crippen molar-refractivity contribution in [2.75, 3.05) is 7.11 Å². The smallest absolute Gasteiger partial charge is 0.338 e. The van der Waals surface area contributed by atoms with Gasteiger partial charge in [-0.15, -0.1) is 0 Å². The topological polar surface area (TPSA) is 79.4 Å². The van der Waals surface area contributed by atoms with Gasteiger partial charge in [-0.3, -0.25) is 4.79 Å². The molecule has 2 rings (SSSR count). The molecule has 0 bridgehead atoms. The van der Waals surface area contributed by atoms with Gasteiger partial charge < -0.3 is 14.8 Å². The van der Waals surface area contributed by atoms with Crippen LogP contribution in [-0.2, 0) is 0 Å². The Balaban J connectivity index is 2.87. The molecule has 1 heterocycles. The predicted octanol–water partition coefficient (Wildman–Crippen LogP) is 1.69. The molecule has 0 spiro atoms. The molecule has 2 N–H and O–H groups in total. The van der Waals surface area contributed by atoms with E-state index in [1.54, 1.807) is 18.2 Å². The van der Waals surface area contributed by atoms with Crippen LogP contribution in [0.5, 0.6) is 5.75 Å². The van der Waals surface area contributed by atoms with Crippen LogP contribution in [0.1, 0.15) is 20.8 Å².